The molecular weight excluding hydrogens is 270 g/mol. The summed E-state index contributed by atoms with van der Waals surface area (Å²) in [4.78, 5) is 4.10. The van der Waals surface area contributed by atoms with Gasteiger partial charge in [-0.05, 0) is 30.7 Å². The van der Waals surface area contributed by atoms with Crippen molar-refractivity contribution in [2.24, 2.45) is 0 Å². The van der Waals surface area contributed by atoms with E-state index in [0.29, 0.717) is 23.2 Å². The lowest BCUT2D eigenvalue weighted by molar-refractivity contribution is 0.269. The van der Waals surface area contributed by atoms with Gasteiger partial charge in [-0.3, -0.25) is 0 Å². The van der Waals surface area contributed by atoms with Crippen molar-refractivity contribution in [2.45, 2.75) is 33.4 Å². The highest BCUT2D eigenvalue weighted by Crippen LogP contribution is 2.28. The first-order valence-electron chi connectivity index (χ1n) is 7.02. The van der Waals surface area contributed by atoms with Crippen molar-refractivity contribution in [1.29, 1.82) is 0 Å². The summed E-state index contributed by atoms with van der Waals surface area (Å²) in [5.74, 6) is 2.41. The van der Waals surface area contributed by atoms with Crippen molar-refractivity contribution in [2.75, 3.05) is 13.7 Å². The van der Waals surface area contributed by atoms with Crippen molar-refractivity contribution in [3.8, 4) is 11.5 Å². The zero-order valence-electron chi connectivity index (χ0n) is 12.7. The quantitative estimate of drug-likeness (QED) is 0.753. The van der Waals surface area contributed by atoms with Gasteiger partial charge in [0.1, 0.15) is 0 Å². The summed E-state index contributed by atoms with van der Waals surface area (Å²) in [6.07, 6.45) is 1.11. The minimum Gasteiger partial charge on any atom is -0.493 e. The lowest BCUT2D eigenvalue weighted by Gasteiger charge is -2.11. The standard InChI is InChI=1S/C15H21N3O3/c1-4-7-16-9-12-5-6-13(14(8-12)19-3)20-10-15-17-11(2)21-18-15/h5-6,8,16H,4,7,9-10H2,1-3H3. The molecule has 1 aromatic heterocycles. The molecule has 1 aromatic carbocycles. The molecule has 0 spiro atoms. The minimum absolute atomic E-state index is 0.251. The van der Waals surface area contributed by atoms with Crippen LogP contribution in [0.5, 0.6) is 11.5 Å². The molecule has 0 atom stereocenters. The van der Waals surface area contributed by atoms with E-state index in [-0.39, 0.29) is 6.61 Å². The van der Waals surface area contributed by atoms with Crippen molar-refractivity contribution in [3.63, 3.8) is 0 Å². The minimum atomic E-state index is 0.251. The molecule has 0 unspecified atom stereocenters. The summed E-state index contributed by atoms with van der Waals surface area (Å²) in [5.41, 5.74) is 1.16. The Hall–Kier alpha value is -2.08. The summed E-state index contributed by atoms with van der Waals surface area (Å²) in [6, 6.07) is 5.89. The Morgan fingerprint density at radius 2 is 2.14 bits per heavy atom. The van der Waals surface area contributed by atoms with Gasteiger partial charge >= 0.3 is 0 Å². The third-order valence-electron chi connectivity index (χ3n) is 2.91. The van der Waals surface area contributed by atoms with Gasteiger partial charge in [-0.15, -0.1) is 0 Å². The molecule has 0 radical (unpaired) electrons. The molecule has 0 saturated heterocycles. The lowest BCUT2D eigenvalue weighted by Crippen LogP contribution is -2.13. The number of ether oxygens (including phenoxy) is 2. The van der Waals surface area contributed by atoms with Gasteiger partial charge in [0.05, 0.1) is 7.11 Å². The summed E-state index contributed by atoms with van der Waals surface area (Å²) in [6.45, 7) is 5.95. The number of methoxy groups -OCH3 is 1. The predicted molar refractivity (Wildman–Crippen MR) is 78.4 cm³/mol. The Balaban J connectivity index is 1.98. The normalized spacial score (nSPS) is 10.6. The maximum Gasteiger partial charge on any atom is 0.223 e. The molecule has 2 aromatic rings. The maximum absolute atomic E-state index is 5.68. The molecule has 0 saturated carbocycles. The second-order valence-electron chi connectivity index (χ2n) is 4.68. The van der Waals surface area contributed by atoms with E-state index in [1.54, 1.807) is 14.0 Å². The molecule has 0 aliphatic heterocycles. The summed E-state index contributed by atoms with van der Waals surface area (Å²) >= 11 is 0. The van der Waals surface area contributed by atoms with Gasteiger partial charge in [0.2, 0.25) is 11.7 Å². The second-order valence-corrected chi connectivity index (χ2v) is 4.68. The number of hydrogen-bond donors (Lipinski definition) is 1. The predicted octanol–water partition coefficient (Wildman–Crippen LogP) is 2.47. The van der Waals surface area contributed by atoms with Gasteiger partial charge in [0.15, 0.2) is 18.1 Å². The van der Waals surface area contributed by atoms with Crippen molar-refractivity contribution >= 4 is 0 Å². The fourth-order valence-electron chi connectivity index (χ4n) is 1.89. The Morgan fingerprint density at radius 1 is 1.29 bits per heavy atom. The number of rotatable bonds is 8. The first-order chi connectivity index (χ1) is 10.2. The van der Waals surface area contributed by atoms with E-state index >= 15 is 0 Å². The molecule has 2 rings (SSSR count). The van der Waals surface area contributed by atoms with Crippen LogP contribution >= 0.6 is 0 Å². The van der Waals surface area contributed by atoms with Crippen molar-refractivity contribution in [3.05, 3.63) is 35.5 Å². The van der Waals surface area contributed by atoms with E-state index in [4.69, 9.17) is 14.0 Å². The Morgan fingerprint density at radius 3 is 2.81 bits per heavy atom. The van der Waals surface area contributed by atoms with Gasteiger partial charge in [-0.1, -0.05) is 18.1 Å². The van der Waals surface area contributed by atoms with Crippen LogP contribution in [0.1, 0.15) is 30.6 Å². The molecule has 114 valence electrons. The smallest absolute Gasteiger partial charge is 0.223 e. The van der Waals surface area contributed by atoms with E-state index in [9.17, 15) is 0 Å². The Kier molecular flexibility index (Phi) is 5.57. The maximum atomic E-state index is 5.68. The van der Waals surface area contributed by atoms with Gasteiger partial charge in [0, 0.05) is 13.5 Å². The molecule has 6 heteroatoms. The van der Waals surface area contributed by atoms with Crippen LogP contribution in [-0.2, 0) is 13.2 Å². The summed E-state index contributed by atoms with van der Waals surface area (Å²) in [5, 5.41) is 7.15. The van der Waals surface area contributed by atoms with Crippen LogP contribution in [0, 0.1) is 6.92 Å². The zero-order chi connectivity index (χ0) is 15.1. The number of hydrogen-bond acceptors (Lipinski definition) is 6. The van der Waals surface area contributed by atoms with Gasteiger partial charge in [0.25, 0.3) is 0 Å². The molecular formula is C15H21N3O3. The van der Waals surface area contributed by atoms with Gasteiger partial charge in [-0.2, -0.15) is 4.98 Å². The molecule has 21 heavy (non-hydrogen) atoms. The highest BCUT2D eigenvalue weighted by atomic mass is 16.5. The first-order valence-corrected chi connectivity index (χ1v) is 7.02. The van der Waals surface area contributed by atoms with E-state index in [1.165, 1.54) is 0 Å². The third-order valence-corrected chi connectivity index (χ3v) is 2.91. The van der Waals surface area contributed by atoms with Crippen LogP contribution in [0.15, 0.2) is 22.7 Å². The Labute approximate surface area is 124 Å². The van der Waals surface area contributed by atoms with E-state index < -0.39 is 0 Å². The number of aryl methyl sites for hydroxylation is 1. The summed E-state index contributed by atoms with van der Waals surface area (Å²) in [7, 11) is 1.63. The molecule has 6 nitrogen and oxygen atoms in total. The molecule has 0 aliphatic carbocycles. The molecule has 1 N–H and O–H groups in total. The average molecular weight is 291 g/mol. The van der Waals surface area contributed by atoms with Crippen LogP contribution in [0.2, 0.25) is 0 Å². The Bertz CT molecular complexity index is 569. The SMILES string of the molecule is CCCNCc1ccc(OCc2noc(C)n2)c(OC)c1. The molecule has 0 aliphatic rings. The highest BCUT2D eigenvalue weighted by molar-refractivity contribution is 5.42. The largest absolute Gasteiger partial charge is 0.493 e. The third kappa shape index (κ3) is 4.46. The number of nitrogens with zero attached hydrogens (tertiary/aromatic N) is 2. The molecule has 0 bridgehead atoms. The van der Waals surface area contributed by atoms with E-state index in [2.05, 4.69) is 22.4 Å². The average Bonchev–Trinajstić information content (AvgIpc) is 2.91. The van der Waals surface area contributed by atoms with Gasteiger partial charge in [-0.25, -0.2) is 0 Å². The van der Waals surface area contributed by atoms with Crippen molar-refractivity contribution < 1.29 is 14.0 Å². The van der Waals surface area contributed by atoms with Crippen LogP contribution in [0.4, 0.5) is 0 Å². The molecule has 1 heterocycles. The van der Waals surface area contributed by atoms with Crippen LogP contribution in [0.3, 0.4) is 0 Å². The van der Waals surface area contributed by atoms with Crippen molar-refractivity contribution in [1.82, 2.24) is 15.5 Å². The zero-order valence-corrected chi connectivity index (χ0v) is 12.7. The second kappa shape index (κ2) is 7.64. The first kappa shape index (κ1) is 15.3. The monoisotopic (exact) mass is 291 g/mol. The van der Waals surface area contributed by atoms with Crippen LogP contribution in [-0.4, -0.2) is 23.8 Å². The fourth-order valence-corrected chi connectivity index (χ4v) is 1.89. The van der Waals surface area contributed by atoms with E-state index in [1.807, 2.05) is 18.2 Å². The number of benzene rings is 1. The highest BCUT2D eigenvalue weighted by Gasteiger charge is 2.08. The topological polar surface area (TPSA) is 69.4 Å². The number of aromatic nitrogens is 2. The van der Waals surface area contributed by atoms with Crippen LogP contribution in [0.25, 0.3) is 0 Å². The lowest BCUT2D eigenvalue weighted by atomic mass is 10.2. The number of nitrogens with one attached hydrogen (secondary N) is 1. The molecule has 0 fully saturated rings. The van der Waals surface area contributed by atoms with E-state index in [0.717, 1.165) is 25.1 Å². The van der Waals surface area contributed by atoms with Crippen LogP contribution < -0.4 is 14.8 Å². The summed E-state index contributed by atoms with van der Waals surface area (Å²) < 4.78 is 15.9. The fraction of sp³-hybridized carbons (Fsp3) is 0.467. The molecule has 0 amide bonds. The van der Waals surface area contributed by atoms with Gasteiger partial charge < -0.3 is 19.3 Å².